The molecule has 0 bridgehead atoms. The normalized spacial score (nSPS) is 16.9. The minimum absolute atomic E-state index is 0.104. The second-order valence-electron chi connectivity index (χ2n) is 8.96. The van der Waals surface area contributed by atoms with Crippen LogP contribution in [-0.4, -0.2) is 76.3 Å². The van der Waals surface area contributed by atoms with Crippen LogP contribution in [0, 0.1) is 0 Å². The number of hydrogen-bond acceptors (Lipinski definition) is 7. The topological polar surface area (TPSA) is 127 Å². The Morgan fingerprint density at radius 2 is 1.78 bits per heavy atom. The molecule has 0 aliphatic carbocycles. The van der Waals surface area contributed by atoms with Crippen LogP contribution in [0.25, 0.3) is 21.9 Å². The van der Waals surface area contributed by atoms with Gasteiger partial charge in [0.05, 0.1) is 27.0 Å². The quantitative estimate of drug-likeness (QED) is 0.346. The van der Waals surface area contributed by atoms with Gasteiger partial charge in [0.1, 0.15) is 12.1 Å². The number of piperazine rings is 1. The zero-order valence-electron chi connectivity index (χ0n) is 19.7. The summed E-state index contributed by atoms with van der Waals surface area (Å²) < 4.78 is 67.8. The molecule has 0 amide bonds. The molecule has 1 saturated heterocycles. The number of imidazole rings is 1. The second-order valence-corrected chi connectivity index (χ2v) is 10.9. The van der Waals surface area contributed by atoms with Gasteiger partial charge < -0.3 is 15.3 Å². The van der Waals surface area contributed by atoms with Gasteiger partial charge in [-0.15, -0.1) is 0 Å². The van der Waals surface area contributed by atoms with Gasteiger partial charge in [0, 0.05) is 44.2 Å². The van der Waals surface area contributed by atoms with Gasteiger partial charge in [0.25, 0.3) is 0 Å². The number of halogens is 3. The lowest BCUT2D eigenvalue weighted by atomic mass is 10.1. The predicted octanol–water partition coefficient (Wildman–Crippen LogP) is 2.63. The van der Waals surface area contributed by atoms with Gasteiger partial charge in [-0.2, -0.15) is 17.5 Å². The fourth-order valence-electron chi connectivity index (χ4n) is 4.57. The first kappa shape index (κ1) is 25.2. The number of aromatic amines is 2. The summed E-state index contributed by atoms with van der Waals surface area (Å²) in [6, 6.07) is 8.15. The van der Waals surface area contributed by atoms with Crippen molar-refractivity contribution < 1.29 is 21.6 Å². The summed E-state index contributed by atoms with van der Waals surface area (Å²) in [7, 11) is -3.74. The van der Waals surface area contributed by atoms with Gasteiger partial charge in [0.15, 0.2) is 0 Å². The number of rotatable bonds is 6. The third-order valence-electron chi connectivity index (χ3n) is 6.34. The molecule has 2 aromatic heterocycles. The molecule has 196 valence electrons. The number of alkyl halides is 3. The second kappa shape index (κ2) is 9.43. The monoisotopic (exact) mass is 535 g/mol. The molecule has 5 rings (SSSR count). The molecule has 0 radical (unpaired) electrons. The molecule has 10 nitrogen and oxygen atoms in total. The van der Waals surface area contributed by atoms with E-state index in [1.807, 2.05) is 6.92 Å². The van der Waals surface area contributed by atoms with E-state index in [4.69, 9.17) is 0 Å². The van der Waals surface area contributed by atoms with E-state index in [0.29, 0.717) is 36.5 Å². The minimum Gasteiger partial charge on any atom is -0.366 e. The van der Waals surface area contributed by atoms with Gasteiger partial charge in [0.2, 0.25) is 10.0 Å². The summed E-state index contributed by atoms with van der Waals surface area (Å²) in [4.78, 5) is 26.8. The Labute approximate surface area is 209 Å². The number of sulfonamides is 1. The van der Waals surface area contributed by atoms with Crippen LogP contribution in [-0.2, 0) is 16.2 Å². The number of benzene rings is 2. The Hall–Kier alpha value is -3.49. The molecule has 1 atom stereocenters. The maximum absolute atomic E-state index is 13.4. The van der Waals surface area contributed by atoms with Gasteiger partial charge in [-0.25, -0.2) is 23.2 Å². The van der Waals surface area contributed by atoms with E-state index < -0.39 is 27.5 Å². The van der Waals surface area contributed by atoms with E-state index in [-0.39, 0.29) is 34.9 Å². The Morgan fingerprint density at radius 3 is 2.51 bits per heavy atom. The molecule has 3 heterocycles. The minimum atomic E-state index is -4.53. The Kier molecular flexibility index (Phi) is 6.41. The Morgan fingerprint density at radius 1 is 1.05 bits per heavy atom. The lowest BCUT2D eigenvalue weighted by molar-refractivity contribution is -0.136. The van der Waals surface area contributed by atoms with Crippen LogP contribution in [0.1, 0.15) is 12.5 Å². The number of nitrogens with one attached hydrogen (secondary N) is 3. The molecule has 1 aliphatic rings. The van der Waals surface area contributed by atoms with Crippen LogP contribution >= 0.6 is 0 Å². The standard InChI is InChI=1S/C23H24F3N7O3S/c1-14(29-21-16-3-2-4-17(23(24,25)26)20(16)27-13-28-21)12-32-7-9-33(10-8-32)37(35,36)15-5-6-18-19(11-15)31-22(34)30-18/h2-6,11,13-14H,7-10,12H2,1H3,(H,27,28,29)(H2,30,31,34)/t14-/m0/s1. The van der Waals surface area contributed by atoms with Gasteiger partial charge in [-0.3, -0.25) is 4.90 Å². The predicted molar refractivity (Wildman–Crippen MR) is 132 cm³/mol. The fourth-order valence-corrected chi connectivity index (χ4v) is 6.02. The van der Waals surface area contributed by atoms with Crippen molar-refractivity contribution in [2.75, 3.05) is 38.0 Å². The van der Waals surface area contributed by atoms with Gasteiger partial charge in [-0.05, 0) is 37.3 Å². The van der Waals surface area contributed by atoms with E-state index in [1.165, 1.54) is 22.5 Å². The van der Waals surface area contributed by atoms with Crippen LogP contribution in [0.4, 0.5) is 19.0 Å². The molecule has 0 spiro atoms. The number of para-hydroxylation sites is 1. The van der Waals surface area contributed by atoms with E-state index in [2.05, 4.69) is 30.2 Å². The first-order valence-corrected chi connectivity index (χ1v) is 13.0. The summed E-state index contributed by atoms with van der Waals surface area (Å²) >= 11 is 0. The Balaban J connectivity index is 1.23. The largest absolute Gasteiger partial charge is 0.418 e. The average Bonchev–Trinajstić information content (AvgIpc) is 3.23. The number of hydrogen-bond donors (Lipinski definition) is 3. The first-order valence-electron chi connectivity index (χ1n) is 11.5. The van der Waals surface area contributed by atoms with Crippen LogP contribution in [0.2, 0.25) is 0 Å². The zero-order valence-corrected chi connectivity index (χ0v) is 20.5. The maximum atomic E-state index is 13.4. The highest BCUT2D eigenvalue weighted by Crippen LogP contribution is 2.35. The molecule has 14 heteroatoms. The molecule has 37 heavy (non-hydrogen) atoms. The molecule has 0 saturated carbocycles. The number of H-pyrrole nitrogens is 2. The number of nitrogens with zero attached hydrogens (tertiary/aromatic N) is 4. The Bertz CT molecular complexity index is 1610. The highest BCUT2D eigenvalue weighted by molar-refractivity contribution is 7.89. The highest BCUT2D eigenvalue weighted by Gasteiger charge is 2.34. The van der Waals surface area contributed by atoms with Crippen LogP contribution < -0.4 is 11.0 Å². The SMILES string of the molecule is C[C@@H](CN1CCN(S(=O)(=O)c2ccc3[nH]c(=O)[nH]c3c2)CC1)Nc1ncnc2c(C(F)(F)F)cccc12. The summed E-state index contributed by atoms with van der Waals surface area (Å²) in [6.45, 7) is 3.95. The molecule has 1 aliphatic heterocycles. The van der Waals surface area contributed by atoms with Crippen LogP contribution in [0.5, 0.6) is 0 Å². The van der Waals surface area contributed by atoms with Crippen molar-refractivity contribution in [1.82, 2.24) is 29.1 Å². The summed E-state index contributed by atoms with van der Waals surface area (Å²) in [5.41, 5.74) is -0.440. The lowest BCUT2D eigenvalue weighted by Crippen LogP contribution is -2.50. The number of fused-ring (bicyclic) bond motifs is 2. The third kappa shape index (κ3) is 5.04. The van der Waals surface area contributed by atoms with Gasteiger partial charge >= 0.3 is 11.9 Å². The van der Waals surface area contributed by atoms with Crippen LogP contribution in [0.15, 0.2) is 52.4 Å². The molecule has 3 N–H and O–H groups in total. The molecule has 1 fully saturated rings. The molecule has 0 unspecified atom stereocenters. The van der Waals surface area contributed by atoms with Crippen molar-refractivity contribution >= 4 is 37.8 Å². The first-order chi connectivity index (χ1) is 17.5. The van der Waals surface area contributed by atoms with Crippen molar-refractivity contribution in [2.24, 2.45) is 0 Å². The number of aromatic nitrogens is 4. The molecular formula is C23H24F3N7O3S. The zero-order chi connectivity index (χ0) is 26.4. The van der Waals surface area contributed by atoms with Gasteiger partial charge in [-0.1, -0.05) is 6.07 Å². The lowest BCUT2D eigenvalue weighted by Gasteiger charge is -2.35. The van der Waals surface area contributed by atoms with Crippen LogP contribution in [0.3, 0.4) is 0 Å². The smallest absolute Gasteiger partial charge is 0.366 e. The molecule has 2 aromatic carbocycles. The summed E-state index contributed by atoms with van der Waals surface area (Å²) in [6.07, 6.45) is -3.42. The number of anilines is 1. The van der Waals surface area contributed by atoms with Crippen molar-refractivity contribution in [2.45, 2.75) is 24.0 Å². The molecule has 4 aromatic rings. The van der Waals surface area contributed by atoms with E-state index >= 15 is 0 Å². The van der Waals surface area contributed by atoms with E-state index in [0.717, 1.165) is 12.4 Å². The van der Waals surface area contributed by atoms with E-state index in [9.17, 15) is 26.4 Å². The third-order valence-corrected chi connectivity index (χ3v) is 8.24. The summed E-state index contributed by atoms with van der Waals surface area (Å²) in [5.74, 6) is 0.308. The highest BCUT2D eigenvalue weighted by atomic mass is 32.2. The summed E-state index contributed by atoms with van der Waals surface area (Å²) in [5, 5.41) is 3.45. The van der Waals surface area contributed by atoms with E-state index in [1.54, 1.807) is 12.1 Å². The molecular weight excluding hydrogens is 511 g/mol. The van der Waals surface area contributed by atoms with Crippen molar-refractivity contribution in [3.8, 4) is 0 Å². The van der Waals surface area contributed by atoms with Crippen molar-refractivity contribution in [3.05, 3.63) is 58.8 Å². The maximum Gasteiger partial charge on any atom is 0.418 e. The average molecular weight is 536 g/mol. The fraction of sp³-hybridized carbons (Fsp3) is 0.348. The van der Waals surface area contributed by atoms with Crippen molar-refractivity contribution in [3.63, 3.8) is 0 Å². The van der Waals surface area contributed by atoms with Crippen molar-refractivity contribution in [1.29, 1.82) is 0 Å².